The Morgan fingerprint density at radius 1 is 1.32 bits per heavy atom. The number of carbonyl (C=O) groups is 1. The third kappa shape index (κ3) is 7.05. The molecule has 1 aromatic rings. The molecule has 2 rings (SSSR count). The maximum absolute atomic E-state index is 9.60. The van der Waals surface area contributed by atoms with E-state index in [9.17, 15) is 4.79 Å². The monoisotopic (exact) mass is 306 g/mol. The van der Waals surface area contributed by atoms with Gasteiger partial charge in [0, 0.05) is 18.5 Å². The van der Waals surface area contributed by atoms with Gasteiger partial charge < -0.3 is 15.4 Å². The number of carbonyl (C=O) groups excluding carboxylic acids is 1. The Labute approximate surface area is 134 Å². The quantitative estimate of drug-likeness (QED) is 0.840. The first-order valence-corrected chi connectivity index (χ1v) is 8.08. The van der Waals surface area contributed by atoms with E-state index in [-0.39, 0.29) is 5.60 Å². The summed E-state index contributed by atoms with van der Waals surface area (Å²) in [6.07, 6.45) is 1.24. The summed E-state index contributed by atoms with van der Waals surface area (Å²) in [4.78, 5) is 9.60. The third-order valence-corrected chi connectivity index (χ3v) is 3.58. The van der Waals surface area contributed by atoms with Gasteiger partial charge in [-0.05, 0) is 45.8 Å². The normalized spacial score (nSPS) is 21.5. The lowest BCUT2D eigenvalue weighted by molar-refractivity contribution is -0.138. The molecule has 1 aromatic carbocycles. The molecule has 0 aromatic heterocycles. The van der Waals surface area contributed by atoms with Gasteiger partial charge in [0.1, 0.15) is 5.60 Å². The Balaban J connectivity index is 0.000000295. The van der Waals surface area contributed by atoms with Gasteiger partial charge in [0.2, 0.25) is 0 Å². The van der Waals surface area contributed by atoms with E-state index in [1.165, 1.54) is 12.0 Å². The summed E-state index contributed by atoms with van der Waals surface area (Å²) >= 11 is 0. The number of likely N-dealkylation sites (N-methyl/N-ethyl adjacent to an activating group) is 1. The van der Waals surface area contributed by atoms with E-state index in [1.807, 2.05) is 20.8 Å². The van der Waals surface area contributed by atoms with E-state index in [4.69, 9.17) is 0 Å². The maximum Gasteiger partial charge on any atom is 0.293 e. The molecule has 1 heterocycles. The van der Waals surface area contributed by atoms with Crippen molar-refractivity contribution in [2.24, 2.45) is 0 Å². The molecule has 0 spiro atoms. The van der Waals surface area contributed by atoms with Crippen molar-refractivity contribution in [3.63, 3.8) is 0 Å². The molecule has 0 unspecified atom stereocenters. The van der Waals surface area contributed by atoms with Crippen molar-refractivity contribution >= 4 is 6.47 Å². The van der Waals surface area contributed by atoms with E-state index in [2.05, 4.69) is 52.6 Å². The Kier molecular flexibility index (Phi) is 8.13. The van der Waals surface area contributed by atoms with Gasteiger partial charge in [-0.15, -0.1) is 0 Å². The summed E-state index contributed by atoms with van der Waals surface area (Å²) in [5.74, 6) is 0.674. The summed E-state index contributed by atoms with van der Waals surface area (Å²) in [6.45, 7) is 11.4. The molecule has 1 aliphatic rings. The molecule has 0 amide bonds. The Hall–Kier alpha value is -1.39. The molecule has 124 valence electrons. The van der Waals surface area contributed by atoms with Gasteiger partial charge in [0.05, 0.1) is 0 Å². The molecule has 0 aliphatic carbocycles. The number of ether oxygens (including phenoxy) is 1. The first-order valence-electron chi connectivity index (χ1n) is 8.08. The van der Waals surface area contributed by atoms with Gasteiger partial charge in [-0.3, -0.25) is 4.79 Å². The molecule has 4 heteroatoms. The number of nitrogens with one attached hydrogen (secondary N) is 2. The smallest absolute Gasteiger partial charge is 0.293 e. The molecule has 1 fully saturated rings. The van der Waals surface area contributed by atoms with Crippen LogP contribution in [0.3, 0.4) is 0 Å². The Morgan fingerprint density at radius 3 is 2.50 bits per heavy atom. The van der Waals surface area contributed by atoms with Gasteiger partial charge >= 0.3 is 0 Å². The van der Waals surface area contributed by atoms with E-state index in [1.54, 1.807) is 0 Å². The zero-order valence-corrected chi connectivity index (χ0v) is 14.3. The minimum atomic E-state index is -0.318. The summed E-state index contributed by atoms with van der Waals surface area (Å²) in [7, 11) is 0. The average Bonchev–Trinajstić information content (AvgIpc) is 2.48. The van der Waals surface area contributed by atoms with Crippen molar-refractivity contribution in [3.8, 4) is 0 Å². The van der Waals surface area contributed by atoms with Crippen LogP contribution in [0, 0.1) is 0 Å². The van der Waals surface area contributed by atoms with Crippen LogP contribution < -0.4 is 10.6 Å². The van der Waals surface area contributed by atoms with Gasteiger partial charge in [0.25, 0.3) is 6.47 Å². The summed E-state index contributed by atoms with van der Waals surface area (Å²) < 4.78 is 4.55. The second-order valence-electron chi connectivity index (χ2n) is 6.50. The van der Waals surface area contributed by atoms with Crippen molar-refractivity contribution in [2.45, 2.75) is 51.7 Å². The molecule has 22 heavy (non-hydrogen) atoms. The van der Waals surface area contributed by atoms with Crippen LogP contribution in [0.2, 0.25) is 0 Å². The zero-order valence-electron chi connectivity index (χ0n) is 14.3. The lowest BCUT2D eigenvalue weighted by Crippen LogP contribution is -2.47. The molecule has 1 aliphatic heterocycles. The van der Waals surface area contributed by atoms with E-state index < -0.39 is 0 Å². The molecule has 0 saturated carbocycles. The highest BCUT2D eigenvalue weighted by atomic mass is 16.5. The van der Waals surface area contributed by atoms with E-state index in [0.29, 0.717) is 18.4 Å². The fraction of sp³-hybridized carbons (Fsp3) is 0.611. The van der Waals surface area contributed by atoms with Crippen LogP contribution >= 0.6 is 0 Å². The Bertz CT molecular complexity index is 413. The van der Waals surface area contributed by atoms with Crippen molar-refractivity contribution in [1.29, 1.82) is 0 Å². The molecule has 0 radical (unpaired) electrons. The molecule has 1 saturated heterocycles. The molecule has 2 atom stereocenters. The highest BCUT2D eigenvalue weighted by molar-refractivity contribution is 5.37. The third-order valence-electron chi connectivity index (χ3n) is 3.58. The SMILES string of the molecule is CC(C)(C)OC=O.CCN[C@H]1CNCC[C@@H]1c1ccccc1. The first-order chi connectivity index (χ1) is 10.5. The van der Waals surface area contributed by atoms with Crippen LogP contribution in [0.5, 0.6) is 0 Å². The Morgan fingerprint density at radius 2 is 2.00 bits per heavy atom. The second-order valence-corrected chi connectivity index (χ2v) is 6.50. The predicted octanol–water partition coefficient (Wildman–Crippen LogP) is 2.70. The van der Waals surface area contributed by atoms with Gasteiger partial charge in [-0.1, -0.05) is 37.3 Å². The number of piperidine rings is 1. The number of hydrogen-bond donors (Lipinski definition) is 2. The van der Waals surface area contributed by atoms with Gasteiger partial charge in [0.15, 0.2) is 0 Å². The van der Waals surface area contributed by atoms with Crippen LogP contribution in [0.25, 0.3) is 0 Å². The summed E-state index contributed by atoms with van der Waals surface area (Å²) in [5.41, 5.74) is 1.16. The number of rotatable bonds is 4. The van der Waals surface area contributed by atoms with E-state index in [0.717, 1.165) is 19.6 Å². The number of benzene rings is 1. The molecular formula is C18H30N2O2. The highest BCUT2D eigenvalue weighted by Crippen LogP contribution is 2.25. The predicted molar refractivity (Wildman–Crippen MR) is 91.0 cm³/mol. The van der Waals surface area contributed by atoms with Gasteiger partial charge in [-0.25, -0.2) is 0 Å². The van der Waals surface area contributed by atoms with Crippen molar-refractivity contribution < 1.29 is 9.53 Å². The number of hydrogen-bond acceptors (Lipinski definition) is 4. The molecule has 4 nitrogen and oxygen atoms in total. The molecule has 2 N–H and O–H groups in total. The minimum absolute atomic E-state index is 0.318. The van der Waals surface area contributed by atoms with Crippen LogP contribution in [0.4, 0.5) is 0 Å². The fourth-order valence-corrected chi connectivity index (χ4v) is 2.58. The summed E-state index contributed by atoms with van der Waals surface area (Å²) in [5, 5.41) is 7.03. The standard InChI is InChI=1S/C13H20N2.C5H10O2/c1-2-15-13-10-14-9-8-12(13)11-6-4-3-5-7-11;1-5(2,3)7-4-6/h3-7,12-15H,2,8-10H2,1H3;4H,1-3H3/t12-,13+;/m1./s1. The minimum Gasteiger partial charge on any atom is -0.462 e. The van der Waals surface area contributed by atoms with Crippen molar-refractivity contribution in [2.75, 3.05) is 19.6 Å². The van der Waals surface area contributed by atoms with Crippen LogP contribution in [-0.2, 0) is 9.53 Å². The van der Waals surface area contributed by atoms with Crippen LogP contribution in [-0.4, -0.2) is 37.7 Å². The first kappa shape index (κ1) is 18.7. The lowest BCUT2D eigenvalue weighted by Gasteiger charge is -2.33. The average molecular weight is 306 g/mol. The van der Waals surface area contributed by atoms with Crippen molar-refractivity contribution in [1.82, 2.24) is 10.6 Å². The largest absolute Gasteiger partial charge is 0.462 e. The topological polar surface area (TPSA) is 50.4 Å². The van der Waals surface area contributed by atoms with Crippen LogP contribution in [0.1, 0.15) is 45.6 Å². The highest BCUT2D eigenvalue weighted by Gasteiger charge is 2.24. The summed E-state index contributed by atoms with van der Waals surface area (Å²) in [6, 6.07) is 11.5. The van der Waals surface area contributed by atoms with E-state index >= 15 is 0 Å². The zero-order chi connectivity index (χ0) is 16.4. The lowest BCUT2D eigenvalue weighted by atomic mass is 9.86. The van der Waals surface area contributed by atoms with Crippen LogP contribution in [0.15, 0.2) is 30.3 Å². The van der Waals surface area contributed by atoms with Crippen molar-refractivity contribution in [3.05, 3.63) is 35.9 Å². The molecular weight excluding hydrogens is 276 g/mol. The van der Waals surface area contributed by atoms with Gasteiger partial charge in [-0.2, -0.15) is 0 Å². The fourth-order valence-electron chi connectivity index (χ4n) is 2.58. The second kappa shape index (κ2) is 9.59. The molecule has 0 bridgehead atoms. The maximum atomic E-state index is 9.60.